The topological polar surface area (TPSA) is 80.9 Å². The van der Waals surface area contributed by atoms with E-state index in [4.69, 9.17) is 0 Å². The van der Waals surface area contributed by atoms with Crippen LogP contribution in [0.15, 0.2) is 0 Å². The molecule has 15 unspecified atom stereocenters. The SMILES string of the molecule is CC(C)C1CC(CCCCC2CCCCC2)C(C)C2C(O)C3C(C)C4(C)C(O)C(C(C)O)C(O)CC4(C)CC3(C)CC12. The summed E-state index contributed by atoms with van der Waals surface area (Å²) >= 11 is 0. The van der Waals surface area contributed by atoms with Crippen molar-refractivity contribution in [2.75, 3.05) is 0 Å². The second kappa shape index (κ2) is 12.2. The summed E-state index contributed by atoms with van der Waals surface area (Å²) in [6, 6.07) is 0. The molecule has 4 nitrogen and oxygen atoms in total. The van der Waals surface area contributed by atoms with Gasteiger partial charge < -0.3 is 20.4 Å². The zero-order valence-corrected chi connectivity index (χ0v) is 28.6. The van der Waals surface area contributed by atoms with Crippen LogP contribution in [-0.2, 0) is 0 Å². The van der Waals surface area contributed by atoms with E-state index in [9.17, 15) is 20.4 Å². The van der Waals surface area contributed by atoms with Gasteiger partial charge in [-0.1, -0.05) is 106 Å². The normalized spacial score (nSPS) is 52.4. The standard InChI is InChI=1S/C38H68O4/c1-22(2)28-18-27(17-13-12-16-26-14-10-9-11-15-26)23(3)31-29(28)19-36(6)21-37(7)20-30(40)32(25(5)39)35(42)38(37,8)24(4)33(36)34(31)41/h22-35,39-42H,9-21H2,1-8H3. The molecule has 0 aromatic heterocycles. The predicted molar refractivity (Wildman–Crippen MR) is 172 cm³/mol. The number of aliphatic hydroxyl groups is 4. The maximum Gasteiger partial charge on any atom is 0.0679 e. The van der Waals surface area contributed by atoms with Crippen LogP contribution in [0.2, 0.25) is 0 Å². The molecule has 0 saturated heterocycles. The lowest BCUT2D eigenvalue weighted by molar-refractivity contribution is -0.288. The summed E-state index contributed by atoms with van der Waals surface area (Å²) in [4.78, 5) is 0. The fourth-order valence-electron chi connectivity index (χ4n) is 13.2. The number of fused-ring (bicyclic) bond motifs is 3. The first-order valence-corrected chi connectivity index (χ1v) is 18.4. The van der Waals surface area contributed by atoms with Crippen LogP contribution in [0.25, 0.3) is 0 Å². The van der Waals surface area contributed by atoms with Gasteiger partial charge >= 0.3 is 0 Å². The Morgan fingerprint density at radius 3 is 2.12 bits per heavy atom. The molecule has 15 atom stereocenters. The average Bonchev–Trinajstić information content (AvgIpc) is 2.89. The summed E-state index contributed by atoms with van der Waals surface area (Å²) in [5.74, 6) is 4.00. The van der Waals surface area contributed by atoms with Crippen molar-refractivity contribution in [2.24, 2.45) is 75.4 Å². The van der Waals surface area contributed by atoms with E-state index in [0.717, 1.165) is 18.8 Å². The first kappa shape index (κ1) is 33.2. The number of unbranched alkanes of at least 4 members (excludes halogenated alkanes) is 1. The van der Waals surface area contributed by atoms with Crippen molar-refractivity contribution < 1.29 is 20.4 Å². The summed E-state index contributed by atoms with van der Waals surface area (Å²) in [7, 11) is 0. The van der Waals surface area contributed by atoms with E-state index in [0.29, 0.717) is 41.9 Å². The van der Waals surface area contributed by atoms with Crippen molar-refractivity contribution >= 4 is 0 Å². The predicted octanol–water partition coefficient (Wildman–Crippen LogP) is 7.85. The molecule has 0 aliphatic heterocycles. The molecular weight excluding hydrogens is 520 g/mol. The van der Waals surface area contributed by atoms with E-state index < -0.39 is 29.6 Å². The van der Waals surface area contributed by atoms with Crippen molar-refractivity contribution in [3.8, 4) is 0 Å². The summed E-state index contributed by atoms with van der Waals surface area (Å²) in [6.07, 6.45) is 14.1. The van der Waals surface area contributed by atoms with Crippen LogP contribution in [0.4, 0.5) is 0 Å². The van der Waals surface area contributed by atoms with E-state index in [1.807, 2.05) is 0 Å². The molecule has 0 amide bonds. The Balaban J connectivity index is 1.39. The zero-order valence-electron chi connectivity index (χ0n) is 28.6. The van der Waals surface area contributed by atoms with Crippen LogP contribution >= 0.6 is 0 Å². The number of hydrogen-bond acceptors (Lipinski definition) is 4. The van der Waals surface area contributed by atoms with Gasteiger partial charge in [-0.05, 0) is 96.7 Å². The lowest BCUT2D eigenvalue weighted by Gasteiger charge is -2.72. The molecule has 0 bridgehead atoms. The summed E-state index contributed by atoms with van der Waals surface area (Å²) in [5, 5.41) is 46.3. The fourth-order valence-corrected chi connectivity index (χ4v) is 13.2. The molecule has 5 saturated carbocycles. The van der Waals surface area contributed by atoms with Gasteiger partial charge in [0, 0.05) is 11.3 Å². The van der Waals surface area contributed by atoms with Crippen molar-refractivity contribution in [3.63, 3.8) is 0 Å². The third-order valence-corrected chi connectivity index (χ3v) is 15.5. The Morgan fingerprint density at radius 2 is 1.50 bits per heavy atom. The molecular formula is C38H68O4. The summed E-state index contributed by atoms with van der Waals surface area (Å²) < 4.78 is 0. The molecule has 244 valence electrons. The van der Waals surface area contributed by atoms with Gasteiger partial charge in [-0.15, -0.1) is 0 Å². The molecule has 4 N–H and O–H groups in total. The lowest BCUT2D eigenvalue weighted by Crippen LogP contribution is -2.71. The molecule has 0 radical (unpaired) electrons. The van der Waals surface area contributed by atoms with Crippen molar-refractivity contribution in [2.45, 2.75) is 163 Å². The molecule has 5 aliphatic rings. The van der Waals surface area contributed by atoms with Crippen molar-refractivity contribution in [1.82, 2.24) is 0 Å². The van der Waals surface area contributed by atoms with Crippen molar-refractivity contribution in [1.29, 1.82) is 0 Å². The minimum absolute atomic E-state index is 0.0228. The Labute approximate surface area is 258 Å². The molecule has 0 aromatic carbocycles. The molecule has 42 heavy (non-hydrogen) atoms. The summed E-state index contributed by atoms with van der Waals surface area (Å²) in [6.45, 7) is 18.3. The Morgan fingerprint density at radius 1 is 0.857 bits per heavy atom. The molecule has 0 heterocycles. The third-order valence-electron chi connectivity index (χ3n) is 15.5. The maximum atomic E-state index is 12.6. The smallest absolute Gasteiger partial charge is 0.0679 e. The number of hydrogen-bond donors (Lipinski definition) is 4. The number of aliphatic hydroxyl groups excluding tert-OH is 4. The third kappa shape index (κ3) is 5.37. The van der Waals surface area contributed by atoms with Crippen LogP contribution < -0.4 is 0 Å². The van der Waals surface area contributed by atoms with Crippen LogP contribution in [0.3, 0.4) is 0 Å². The van der Waals surface area contributed by atoms with Crippen molar-refractivity contribution in [3.05, 3.63) is 0 Å². The molecule has 0 aromatic rings. The lowest BCUT2D eigenvalue weighted by atomic mass is 9.34. The van der Waals surface area contributed by atoms with E-state index in [-0.39, 0.29) is 28.8 Å². The Hall–Kier alpha value is -0.160. The van der Waals surface area contributed by atoms with Crippen LogP contribution in [0.5, 0.6) is 0 Å². The highest BCUT2D eigenvalue weighted by atomic mass is 16.3. The molecule has 5 aliphatic carbocycles. The van der Waals surface area contributed by atoms with E-state index in [1.54, 1.807) is 6.92 Å². The van der Waals surface area contributed by atoms with Gasteiger partial charge in [-0.2, -0.15) is 0 Å². The summed E-state index contributed by atoms with van der Waals surface area (Å²) in [5.41, 5.74) is -0.742. The largest absolute Gasteiger partial charge is 0.393 e. The van der Waals surface area contributed by atoms with Gasteiger partial charge in [-0.3, -0.25) is 0 Å². The van der Waals surface area contributed by atoms with E-state index >= 15 is 0 Å². The molecule has 4 heteroatoms. The molecule has 5 rings (SSSR count). The van der Waals surface area contributed by atoms with Crippen LogP contribution in [-0.4, -0.2) is 44.8 Å². The van der Waals surface area contributed by atoms with Gasteiger partial charge in [0.1, 0.15) is 0 Å². The highest BCUT2D eigenvalue weighted by Crippen LogP contribution is 2.72. The number of rotatable bonds is 7. The first-order chi connectivity index (χ1) is 19.7. The van der Waals surface area contributed by atoms with Gasteiger partial charge in [0.05, 0.1) is 24.4 Å². The first-order valence-electron chi connectivity index (χ1n) is 18.4. The highest BCUT2D eigenvalue weighted by Gasteiger charge is 2.70. The van der Waals surface area contributed by atoms with Crippen LogP contribution in [0.1, 0.15) is 139 Å². The molecule has 0 spiro atoms. The van der Waals surface area contributed by atoms with E-state index in [1.165, 1.54) is 64.2 Å². The minimum atomic E-state index is -0.792. The second-order valence-electron chi connectivity index (χ2n) is 18.0. The fraction of sp³-hybridized carbons (Fsp3) is 1.00. The second-order valence-corrected chi connectivity index (χ2v) is 18.0. The Bertz CT molecular complexity index is 913. The van der Waals surface area contributed by atoms with Gasteiger partial charge in [0.2, 0.25) is 0 Å². The van der Waals surface area contributed by atoms with Gasteiger partial charge in [-0.25, -0.2) is 0 Å². The van der Waals surface area contributed by atoms with Gasteiger partial charge in [0.15, 0.2) is 0 Å². The van der Waals surface area contributed by atoms with Gasteiger partial charge in [0.25, 0.3) is 0 Å². The molecule has 5 fully saturated rings. The quantitative estimate of drug-likeness (QED) is 0.228. The van der Waals surface area contributed by atoms with E-state index in [2.05, 4.69) is 48.5 Å². The average molecular weight is 589 g/mol. The monoisotopic (exact) mass is 589 g/mol. The Kier molecular flexibility index (Phi) is 9.66. The maximum absolute atomic E-state index is 12.6. The van der Waals surface area contributed by atoms with Crippen LogP contribution in [0, 0.1) is 75.4 Å². The zero-order chi connectivity index (χ0) is 30.8. The minimum Gasteiger partial charge on any atom is -0.393 e. The highest BCUT2D eigenvalue weighted by molar-refractivity contribution is 5.19.